The van der Waals surface area contributed by atoms with E-state index in [9.17, 15) is 20.1 Å². The van der Waals surface area contributed by atoms with Gasteiger partial charge in [-0.15, -0.1) is 0 Å². The standard InChI is InChI=1S/C15H12O5/c16-9-6-10(17)12-11(7-9)20-15(14(19)13(12)18)8-4-2-1-3-5-8/h1-7,13,15-18H. The lowest BCUT2D eigenvalue weighted by Crippen LogP contribution is -2.30. The molecule has 0 fully saturated rings. The van der Waals surface area contributed by atoms with E-state index in [0.717, 1.165) is 6.07 Å². The Labute approximate surface area is 114 Å². The van der Waals surface area contributed by atoms with E-state index in [1.807, 2.05) is 0 Å². The molecule has 2 atom stereocenters. The molecule has 3 N–H and O–H groups in total. The second kappa shape index (κ2) is 4.54. The van der Waals surface area contributed by atoms with Gasteiger partial charge in [-0.1, -0.05) is 30.3 Å². The Balaban J connectivity index is 2.09. The van der Waals surface area contributed by atoms with Gasteiger partial charge in [0.25, 0.3) is 0 Å². The Morgan fingerprint density at radius 2 is 1.75 bits per heavy atom. The first kappa shape index (κ1) is 12.5. The van der Waals surface area contributed by atoms with Crippen molar-refractivity contribution >= 4 is 5.78 Å². The summed E-state index contributed by atoms with van der Waals surface area (Å²) in [6, 6.07) is 11.1. The number of aliphatic hydroxyl groups is 1. The summed E-state index contributed by atoms with van der Waals surface area (Å²) in [5, 5.41) is 29.3. The third-order valence-corrected chi connectivity index (χ3v) is 3.25. The van der Waals surface area contributed by atoms with E-state index in [4.69, 9.17) is 4.74 Å². The minimum atomic E-state index is -1.48. The summed E-state index contributed by atoms with van der Waals surface area (Å²) in [7, 11) is 0. The summed E-state index contributed by atoms with van der Waals surface area (Å²) in [4.78, 5) is 12.2. The Morgan fingerprint density at radius 3 is 2.45 bits per heavy atom. The van der Waals surface area contributed by atoms with E-state index in [1.54, 1.807) is 30.3 Å². The van der Waals surface area contributed by atoms with Gasteiger partial charge in [0, 0.05) is 12.1 Å². The highest BCUT2D eigenvalue weighted by Gasteiger charge is 2.38. The number of ketones is 1. The molecule has 0 aliphatic carbocycles. The van der Waals surface area contributed by atoms with E-state index < -0.39 is 18.0 Å². The highest BCUT2D eigenvalue weighted by atomic mass is 16.5. The lowest BCUT2D eigenvalue weighted by Gasteiger charge is -2.29. The fraction of sp³-hybridized carbons (Fsp3) is 0.133. The number of carbonyl (C=O) groups is 1. The highest BCUT2D eigenvalue weighted by Crippen LogP contribution is 2.44. The quantitative estimate of drug-likeness (QED) is 0.737. The van der Waals surface area contributed by atoms with Gasteiger partial charge in [0.2, 0.25) is 5.78 Å². The van der Waals surface area contributed by atoms with Crippen LogP contribution in [0.5, 0.6) is 17.2 Å². The van der Waals surface area contributed by atoms with Crippen LogP contribution >= 0.6 is 0 Å². The fourth-order valence-electron chi connectivity index (χ4n) is 2.30. The van der Waals surface area contributed by atoms with E-state index in [0.29, 0.717) is 5.56 Å². The maximum Gasteiger partial charge on any atom is 0.211 e. The van der Waals surface area contributed by atoms with Crippen molar-refractivity contribution in [1.82, 2.24) is 0 Å². The number of ether oxygens (including phenoxy) is 1. The number of rotatable bonds is 1. The lowest BCUT2D eigenvalue weighted by molar-refractivity contribution is -0.137. The van der Waals surface area contributed by atoms with Gasteiger partial charge in [-0.05, 0) is 5.56 Å². The van der Waals surface area contributed by atoms with Crippen molar-refractivity contribution in [3.63, 3.8) is 0 Å². The molecule has 0 radical (unpaired) electrons. The van der Waals surface area contributed by atoms with Crippen molar-refractivity contribution in [3.05, 3.63) is 53.6 Å². The van der Waals surface area contributed by atoms with Crippen molar-refractivity contribution in [2.45, 2.75) is 12.2 Å². The topological polar surface area (TPSA) is 87.0 Å². The van der Waals surface area contributed by atoms with Crippen LogP contribution < -0.4 is 4.74 Å². The normalized spacial score (nSPS) is 21.1. The number of Topliss-reactive ketones (excluding diaryl/α,β-unsaturated/α-hetero) is 1. The summed E-state index contributed by atoms with van der Waals surface area (Å²) in [5.41, 5.74) is 0.588. The van der Waals surface area contributed by atoms with E-state index in [1.165, 1.54) is 6.07 Å². The number of aliphatic hydroxyl groups excluding tert-OH is 1. The molecule has 20 heavy (non-hydrogen) atoms. The Hall–Kier alpha value is -2.53. The molecule has 102 valence electrons. The minimum absolute atomic E-state index is 0.0139. The molecule has 2 aromatic rings. The average Bonchev–Trinajstić information content (AvgIpc) is 2.43. The SMILES string of the molecule is O=C1C(O)c2c(O)cc(O)cc2OC1c1ccccc1. The maximum atomic E-state index is 12.2. The summed E-state index contributed by atoms with van der Waals surface area (Å²) in [6.45, 7) is 0. The van der Waals surface area contributed by atoms with Crippen molar-refractivity contribution in [1.29, 1.82) is 0 Å². The van der Waals surface area contributed by atoms with E-state index in [2.05, 4.69) is 0 Å². The predicted molar refractivity (Wildman–Crippen MR) is 69.5 cm³/mol. The molecule has 0 aromatic heterocycles. The molecule has 0 saturated heterocycles. The monoisotopic (exact) mass is 272 g/mol. The minimum Gasteiger partial charge on any atom is -0.508 e. The van der Waals surface area contributed by atoms with Crippen molar-refractivity contribution in [3.8, 4) is 17.2 Å². The van der Waals surface area contributed by atoms with Crippen LogP contribution in [-0.4, -0.2) is 21.1 Å². The van der Waals surface area contributed by atoms with Crippen LogP contribution in [0.3, 0.4) is 0 Å². The third-order valence-electron chi connectivity index (χ3n) is 3.25. The smallest absolute Gasteiger partial charge is 0.211 e. The number of phenols is 2. The largest absolute Gasteiger partial charge is 0.508 e. The van der Waals surface area contributed by atoms with Gasteiger partial charge in [-0.25, -0.2) is 0 Å². The second-order valence-electron chi connectivity index (χ2n) is 4.59. The van der Waals surface area contributed by atoms with Crippen LogP contribution in [0.25, 0.3) is 0 Å². The molecule has 1 aliphatic rings. The number of hydrogen-bond donors (Lipinski definition) is 3. The predicted octanol–water partition coefficient (Wildman–Crippen LogP) is 1.83. The van der Waals surface area contributed by atoms with Crippen molar-refractivity contribution < 1.29 is 24.9 Å². The molecule has 0 spiro atoms. The first-order chi connectivity index (χ1) is 9.58. The molecule has 3 rings (SSSR count). The van der Waals surface area contributed by atoms with E-state index in [-0.39, 0.29) is 22.8 Å². The van der Waals surface area contributed by atoms with Crippen molar-refractivity contribution in [2.24, 2.45) is 0 Å². The van der Waals surface area contributed by atoms with Gasteiger partial charge in [0.05, 0.1) is 5.56 Å². The lowest BCUT2D eigenvalue weighted by atomic mass is 9.93. The molecular weight excluding hydrogens is 260 g/mol. The van der Waals surface area contributed by atoms with Crippen LogP contribution in [-0.2, 0) is 4.79 Å². The molecule has 2 unspecified atom stereocenters. The number of carbonyl (C=O) groups excluding carboxylic acids is 1. The summed E-state index contributed by atoms with van der Waals surface area (Å²) in [5.74, 6) is -1.02. The molecule has 5 nitrogen and oxygen atoms in total. The Bertz CT molecular complexity index is 665. The van der Waals surface area contributed by atoms with E-state index >= 15 is 0 Å². The van der Waals surface area contributed by atoms with Crippen LogP contribution in [0.15, 0.2) is 42.5 Å². The van der Waals surface area contributed by atoms with Gasteiger partial charge < -0.3 is 20.1 Å². The molecular formula is C15H12O5. The number of hydrogen-bond acceptors (Lipinski definition) is 5. The molecule has 0 bridgehead atoms. The van der Waals surface area contributed by atoms with Gasteiger partial charge in [0.1, 0.15) is 23.4 Å². The van der Waals surface area contributed by atoms with Gasteiger partial charge in [-0.3, -0.25) is 4.79 Å². The highest BCUT2D eigenvalue weighted by molar-refractivity contribution is 5.92. The van der Waals surface area contributed by atoms with Gasteiger partial charge >= 0.3 is 0 Å². The fourth-order valence-corrected chi connectivity index (χ4v) is 2.30. The zero-order valence-corrected chi connectivity index (χ0v) is 10.4. The summed E-state index contributed by atoms with van der Waals surface area (Å²) < 4.78 is 5.53. The maximum absolute atomic E-state index is 12.2. The molecule has 5 heteroatoms. The Morgan fingerprint density at radius 1 is 1.05 bits per heavy atom. The van der Waals surface area contributed by atoms with Crippen LogP contribution in [0.2, 0.25) is 0 Å². The zero-order chi connectivity index (χ0) is 14.3. The number of benzene rings is 2. The molecule has 1 heterocycles. The molecule has 0 amide bonds. The van der Waals surface area contributed by atoms with Crippen molar-refractivity contribution in [2.75, 3.05) is 0 Å². The first-order valence-corrected chi connectivity index (χ1v) is 6.07. The molecule has 2 aromatic carbocycles. The second-order valence-corrected chi connectivity index (χ2v) is 4.59. The molecule has 0 saturated carbocycles. The molecule has 1 aliphatic heterocycles. The number of fused-ring (bicyclic) bond motifs is 1. The Kier molecular flexibility index (Phi) is 2.84. The first-order valence-electron chi connectivity index (χ1n) is 6.07. The third kappa shape index (κ3) is 1.88. The van der Waals surface area contributed by atoms with Gasteiger partial charge in [0.15, 0.2) is 6.10 Å². The number of aromatic hydroxyl groups is 2. The number of phenolic OH excluding ortho intramolecular Hbond substituents is 2. The summed E-state index contributed by atoms with van der Waals surface area (Å²) in [6.07, 6.45) is -2.44. The van der Waals surface area contributed by atoms with Crippen LogP contribution in [0.1, 0.15) is 23.3 Å². The average molecular weight is 272 g/mol. The van der Waals surface area contributed by atoms with Gasteiger partial charge in [-0.2, -0.15) is 0 Å². The zero-order valence-electron chi connectivity index (χ0n) is 10.4. The summed E-state index contributed by atoms with van der Waals surface area (Å²) >= 11 is 0. The van der Waals surface area contributed by atoms with Crippen LogP contribution in [0.4, 0.5) is 0 Å². The van der Waals surface area contributed by atoms with Crippen LogP contribution in [0, 0.1) is 0 Å².